The van der Waals surface area contributed by atoms with E-state index in [4.69, 9.17) is 5.73 Å². The van der Waals surface area contributed by atoms with Crippen molar-refractivity contribution in [3.8, 4) is 0 Å². The van der Waals surface area contributed by atoms with E-state index >= 15 is 0 Å². The van der Waals surface area contributed by atoms with Crippen LogP contribution in [0, 0.1) is 5.92 Å². The van der Waals surface area contributed by atoms with Crippen molar-refractivity contribution >= 4 is 11.5 Å². The number of rotatable bonds is 2. The molecule has 2 atom stereocenters. The van der Waals surface area contributed by atoms with Crippen LogP contribution in [0.4, 0.5) is 11.5 Å². The summed E-state index contributed by atoms with van der Waals surface area (Å²) < 4.78 is 1.98. The lowest BCUT2D eigenvalue weighted by atomic mass is 9.84. The average molecular weight is 291 g/mol. The summed E-state index contributed by atoms with van der Waals surface area (Å²) >= 11 is 0. The molecule has 2 N–H and O–H groups in total. The van der Waals surface area contributed by atoms with Gasteiger partial charge in [0.15, 0.2) is 0 Å². The van der Waals surface area contributed by atoms with Crippen LogP contribution in [0.1, 0.15) is 44.7 Å². The minimum absolute atomic E-state index is 0.378. The molecule has 2 saturated heterocycles. The first-order chi connectivity index (χ1) is 9.99. The van der Waals surface area contributed by atoms with Crippen molar-refractivity contribution in [3.05, 3.63) is 5.69 Å². The highest BCUT2D eigenvalue weighted by Crippen LogP contribution is 2.36. The van der Waals surface area contributed by atoms with E-state index < -0.39 is 0 Å². The summed E-state index contributed by atoms with van der Waals surface area (Å²) in [6, 6.07) is 0.758. The molecule has 0 bridgehead atoms. The van der Waals surface area contributed by atoms with Crippen LogP contribution in [-0.2, 0) is 7.05 Å². The van der Waals surface area contributed by atoms with E-state index in [1.165, 1.54) is 25.8 Å². The Morgan fingerprint density at radius 3 is 2.62 bits per heavy atom. The van der Waals surface area contributed by atoms with Gasteiger partial charge in [-0.3, -0.25) is 4.68 Å². The molecule has 2 unspecified atom stereocenters. The molecule has 0 aliphatic carbocycles. The average Bonchev–Trinajstić information content (AvgIpc) is 2.74. The number of fused-ring (bicyclic) bond motifs is 1. The molecule has 0 aromatic carbocycles. The molecule has 0 radical (unpaired) electrons. The number of likely N-dealkylation sites (tertiary alicyclic amines) is 1. The standard InChI is InChI=1S/C16H29N5/c1-11(2)15-14(17)16(20(4)18-15)21-9-7-13-12(10-21)6-5-8-19(13)3/h11-13H,5-10,17H2,1-4H3. The second kappa shape index (κ2) is 5.52. The number of nitrogens with zero attached hydrogens (tertiary/aromatic N) is 4. The second-order valence-electron chi connectivity index (χ2n) is 7.09. The predicted octanol–water partition coefficient (Wildman–Crippen LogP) is 2.05. The number of piperidine rings is 2. The van der Waals surface area contributed by atoms with Gasteiger partial charge in [0.05, 0.1) is 11.4 Å². The lowest BCUT2D eigenvalue weighted by Crippen LogP contribution is -2.53. The van der Waals surface area contributed by atoms with Crippen LogP contribution >= 0.6 is 0 Å². The van der Waals surface area contributed by atoms with Crippen molar-refractivity contribution in [3.63, 3.8) is 0 Å². The van der Waals surface area contributed by atoms with Gasteiger partial charge in [-0.15, -0.1) is 0 Å². The van der Waals surface area contributed by atoms with Gasteiger partial charge in [0, 0.05) is 26.2 Å². The third kappa shape index (κ3) is 2.52. The SMILES string of the molecule is CC(C)c1nn(C)c(N2CCC3C(CCCN3C)C2)c1N. The van der Waals surface area contributed by atoms with Crippen molar-refractivity contribution in [1.29, 1.82) is 0 Å². The smallest absolute Gasteiger partial charge is 0.150 e. The fourth-order valence-electron chi connectivity index (χ4n) is 4.20. The minimum Gasteiger partial charge on any atom is -0.394 e. The largest absolute Gasteiger partial charge is 0.394 e. The summed E-state index contributed by atoms with van der Waals surface area (Å²) in [6.07, 6.45) is 3.91. The van der Waals surface area contributed by atoms with Crippen molar-refractivity contribution in [2.45, 2.75) is 45.1 Å². The number of nitrogens with two attached hydrogens (primary N) is 1. The van der Waals surface area contributed by atoms with Crippen molar-refractivity contribution in [2.24, 2.45) is 13.0 Å². The maximum absolute atomic E-state index is 6.40. The lowest BCUT2D eigenvalue weighted by molar-refractivity contribution is 0.102. The van der Waals surface area contributed by atoms with Gasteiger partial charge in [-0.1, -0.05) is 13.8 Å². The molecule has 5 nitrogen and oxygen atoms in total. The molecule has 5 heteroatoms. The maximum Gasteiger partial charge on any atom is 0.150 e. The van der Waals surface area contributed by atoms with Crippen LogP contribution in [-0.4, -0.2) is 47.4 Å². The number of aryl methyl sites for hydroxylation is 1. The summed E-state index contributed by atoms with van der Waals surface area (Å²) in [5, 5.41) is 4.64. The molecule has 2 aliphatic rings. The first-order valence-electron chi connectivity index (χ1n) is 8.26. The highest BCUT2D eigenvalue weighted by atomic mass is 15.4. The molecule has 21 heavy (non-hydrogen) atoms. The highest BCUT2D eigenvalue weighted by Gasteiger charge is 2.36. The van der Waals surface area contributed by atoms with E-state index in [0.29, 0.717) is 5.92 Å². The fourth-order valence-corrected chi connectivity index (χ4v) is 4.20. The number of anilines is 2. The Morgan fingerprint density at radius 2 is 1.95 bits per heavy atom. The molecule has 1 aromatic rings. The van der Waals surface area contributed by atoms with Crippen LogP contribution in [0.2, 0.25) is 0 Å². The Balaban J connectivity index is 1.83. The number of nitrogen functional groups attached to an aromatic ring is 1. The Bertz CT molecular complexity index is 507. The van der Waals surface area contributed by atoms with Gasteiger partial charge in [0.1, 0.15) is 5.82 Å². The fraction of sp³-hybridized carbons (Fsp3) is 0.812. The molecule has 0 saturated carbocycles. The monoisotopic (exact) mass is 291 g/mol. The van der Waals surface area contributed by atoms with Gasteiger partial charge < -0.3 is 15.5 Å². The molecule has 3 heterocycles. The summed E-state index contributed by atoms with van der Waals surface area (Å²) in [7, 11) is 4.30. The van der Waals surface area contributed by atoms with Gasteiger partial charge in [-0.2, -0.15) is 5.10 Å². The van der Waals surface area contributed by atoms with E-state index in [-0.39, 0.29) is 0 Å². The summed E-state index contributed by atoms with van der Waals surface area (Å²) in [6.45, 7) is 7.78. The van der Waals surface area contributed by atoms with Crippen LogP contribution in [0.15, 0.2) is 0 Å². The Morgan fingerprint density at radius 1 is 1.19 bits per heavy atom. The molecule has 118 valence electrons. The third-order valence-corrected chi connectivity index (χ3v) is 5.27. The molecular weight excluding hydrogens is 262 g/mol. The summed E-state index contributed by atoms with van der Waals surface area (Å²) in [4.78, 5) is 5.02. The molecule has 1 aromatic heterocycles. The molecule has 3 rings (SSSR count). The zero-order valence-corrected chi connectivity index (χ0v) is 13.8. The number of hydrogen-bond acceptors (Lipinski definition) is 4. The highest BCUT2D eigenvalue weighted by molar-refractivity contribution is 5.67. The zero-order chi connectivity index (χ0) is 15.1. The van der Waals surface area contributed by atoms with E-state index in [2.05, 4.69) is 35.8 Å². The lowest BCUT2D eigenvalue weighted by Gasteiger charge is -2.46. The van der Waals surface area contributed by atoms with Crippen LogP contribution in [0.25, 0.3) is 0 Å². The first kappa shape index (κ1) is 14.7. The van der Waals surface area contributed by atoms with E-state index in [1.54, 1.807) is 0 Å². The van der Waals surface area contributed by atoms with E-state index in [1.807, 2.05) is 11.7 Å². The minimum atomic E-state index is 0.378. The van der Waals surface area contributed by atoms with E-state index in [0.717, 1.165) is 42.2 Å². The molecule has 2 fully saturated rings. The van der Waals surface area contributed by atoms with E-state index in [9.17, 15) is 0 Å². The zero-order valence-electron chi connectivity index (χ0n) is 13.8. The van der Waals surface area contributed by atoms with Crippen LogP contribution in [0.3, 0.4) is 0 Å². The molecule has 2 aliphatic heterocycles. The summed E-state index contributed by atoms with van der Waals surface area (Å²) in [5.41, 5.74) is 8.32. The number of hydrogen-bond donors (Lipinski definition) is 1. The van der Waals surface area contributed by atoms with Crippen LogP contribution in [0.5, 0.6) is 0 Å². The molecule has 0 spiro atoms. The normalized spacial score (nSPS) is 27.2. The Kier molecular flexibility index (Phi) is 3.86. The van der Waals surface area contributed by atoms with Gasteiger partial charge in [-0.05, 0) is 44.7 Å². The summed E-state index contributed by atoms with van der Waals surface area (Å²) in [5.74, 6) is 2.28. The molecular formula is C16H29N5. The van der Waals surface area contributed by atoms with Gasteiger partial charge in [-0.25, -0.2) is 0 Å². The van der Waals surface area contributed by atoms with Crippen LogP contribution < -0.4 is 10.6 Å². The topological polar surface area (TPSA) is 50.3 Å². The second-order valence-corrected chi connectivity index (χ2v) is 7.09. The van der Waals surface area contributed by atoms with Gasteiger partial charge in [0.25, 0.3) is 0 Å². The van der Waals surface area contributed by atoms with Crippen molar-refractivity contribution in [1.82, 2.24) is 14.7 Å². The Hall–Kier alpha value is -1.23. The number of aromatic nitrogens is 2. The maximum atomic E-state index is 6.40. The van der Waals surface area contributed by atoms with Gasteiger partial charge in [0.2, 0.25) is 0 Å². The van der Waals surface area contributed by atoms with Crippen molar-refractivity contribution < 1.29 is 0 Å². The Labute approximate surface area is 128 Å². The van der Waals surface area contributed by atoms with Crippen molar-refractivity contribution in [2.75, 3.05) is 37.3 Å². The molecule has 0 amide bonds. The van der Waals surface area contributed by atoms with Gasteiger partial charge >= 0.3 is 0 Å². The predicted molar refractivity (Wildman–Crippen MR) is 87.7 cm³/mol. The quantitative estimate of drug-likeness (QED) is 0.906. The third-order valence-electron chi connectivity index (χ3n) is 5.27. The first-order valence-corrected chi connectivity index (χ1v) is 8.26.